The molecule has 6 nitrogen and oxygen atoms in total. The molecule has 0 radical (unpaired) electrons. The standard InChI is InChI=1S/C15H12N2O4/c18-14(9-5-6-16-11(7-9)15(19)20)17-12-8-21-13-4-2-1-3-10(12)13/h1-7,12H,8H2,(H,17,18)(H,19,20). The van der Waals surface area contributed by atoms with E-state index in [0.29, 0.717) is 6.61 Å². The Bertz CT molecular complexity index is 714. The van der Waals surface area contributed by atoms with E-state index in [2.05, 4.69) is 10.3 Å². The van der Waals surface area contributed by atoms with Gasteiger partial charge in [0.05, 0.1) is 6.04 Å². The second-order valence-electron chi connectivity index (χ2n) is 4.61. The highest BCUT2D eigenvalue weighted by Crippen LogP contribution is 2.31. The molecule has 3 rings (SSSR count). The van der Waals surface area contributed by atoms with Crippen LogP contribution in [0.15, 0.2) is 42.6 Å². The molecule has 1 aromatic heterocycles. The summed E-state index contributed by atoms with van der Waals surface area (Å²) in [5, 5.41) is 11.7. The molecule has 2 N–H and O–H groups in total. The Hall–Kier alpha value is -2.89. The smallest absolute Gasteiger partial charge is 0.354 e. The highest BCUT2D eigenvalue weighted by Gasteiger charge is 2.25. The minimum Gasteiger partial charge on any atom is -0.491 e. The second kappa shape index (κ2) is 5.24. The maximum absolute atomic E-state index is 12.2. The largest absolute Gasteiger partial charge is 0.491 e. The van der Waals surface area contributed by atoms with Gasteiger partial charge in [0.25, 0.3) is 5.91 Å². The van der Waals surface area contributed by atoms with E-state index in [1.807, 2.05) is 24.3 Å². The average Bonchev–Trinajstić information content (AvgIpc) is 2.91. The van der Waals surface area contributed by atoms with E-state index in [0.717, 1.165) is 11.3 Å². The maximum Gasteiger partial charge on any atom is 0.354 e. The molecule has 6 heteroatoms. The van der Waals surface area contributed by atoms with Gasteiger partial charge in [-0.25, -0.2) is 9.78 Å². The van der Waals surface area contributed by atoms with E-state index in [1.165, 1.54) is 18.3 Å². The zero-order valence-electron chi connectivity index (χ0n) is 10.9. The Labute approximate surface area is 120 Å². The lowest BCUT2D eigenvalue weighted by molar-refractivity contribution is 0.0690. The summed E-state index contributed by atoms with van der Waals surface area (Å²) in [6, 6.07) is 9.96. The molecule has 1 amide bonds. The lowest BCUT2D eigenvalue weighted by Crippen LogP contribution is -2.29. The summed E-state index contributed by atoms with van der Waals surface area (Å²) >= 11 is 0. The second-order valence-corrected chi connectivity index (χ2v) is 4.61. The minimum atomic E-state index is -1.17. The normalized spacial score (nSPS) is 15.9. The lowest BCUT2D eigenvalue weighted by atomic mass is 10.1. The first-order chi connectivity index (χ1) is 10.1. The fourth-order valence-corrected chi connectivity index (χ4v) is 2.21. The number of aromatic nitrogens is 1. The molecule has 21 heavy (non-hydrogen) atoms. The van der Waals surface area contributed by atoms with Gasteiger partial charge >= 0.3 is 5.97 Å². The van der Waals surface area contributed by atoms with Crippen LogP contribution in [-0.2, 0) is 0 Å². The summed E-state index contributed by atoms with van der Waals surface area (Å²) in [6.07, 6.45) is 1.30. The first-order valence-electron chi connectivity index (χ1n) is 6.37. The van der Waals surface area contributed by atoms with Crippen LogP contribution in [0.5, 0.6) is 5.75 Å². The van der Waals surface area contributed by atoms with Gasteiger partial charge in [-0.15, -0.1) is 0 Å². The molecule has 2 aromatic rings. The van der Waals surface area contributed by atoms with Gasteiger partial charge in [0.1, 0.15) is 18.1 Å². The number of carbonyl (C=O) groups excluding carboxylic acids is 1. The Morgan fingerprint density at radius 3 is 2.90 bits per heavy atom. The lowest BCUT2D eigenvalue weighted by Gasteiger charge is -2.11. The van der Waals surface area contributed by atoms with Gasteiger partial charge in [-0.1, -0.05) is 18.2 Å². The van der Waals surface area contributed by atoms with Crippen LogP contribution in [-0.4, -0.2) is 28.6 Å². The quantitative estimate of drug-likeness (QED) is 0.894. The van der Waals surface area contributed by atoms with Crippen molar-refractivity contribution in [1.82, 2.24) is 10.3 Å². The predicted molar refractivity (Wildman–Crippen MR) is 73.3 cm³/mol. The summed E-state index contributed by atoms with van der Waals surface area (Å²) < 4.78 is 5.49. The SMILES string of the molecule is O=C(NC1COc2ccccc21)c1ccnc(C(=O)O)c1. The van der Waals surface area contributed by atoms with Crippen LogP contribution >= 0.6 is 0 Å². The number of ether oxygens (including phenoxy) is 1. The van der Waals surface area contributed by atoms with E-state index in [1.54, 1.807) is 0 Å². The number of carboxylic acid groups (broad SMARTS) is 1. The van der Waals surface area contributed by atoms with E-state index in [-0.39, 0.29) is 23.2 Å². The number of nitrogens with one attached hydrogen (secondary N) is 1. The number of carboxylic acids is 1. The third-order valence-corrected chi connectivity index (χ3v) is 3.25. The van der Waals surface area contributed by atoms with Crippen molar-refractivity contribution in [3.05, 3.63) is 59.4 Å². The van der Waals surface area contributed by atoms with E-state index < -0.39 is 5.97 Å². The van der Waals surface area contributed by atoms with Crippen molar-refractivity contribution in [2.24, 2.45) is 0 Å². The number of rotatable bonds is 3. The van der Waals surface area contributed by atoms with Crippen molar-refractivity contribution < 1.29 is 19.4 Å². The van der Waals surface area contributed by atoms with Crippen LogP contribution in [0.3, 0.4) is 0 Å². The van der Waals surface area contributed by atoms with E-state index in [9.17, 15) is 9.59 Å². The molecular weight excluding hydrogens is 272 g/mol. The van der Waals surface area contributed by atoms with Gasteiger partial charge < -0.3 is 15.2 Å². The summed E-state index contributed by atoms with van der Waals surface area (Å²) in [5.41, 5.74) is 1.01. The van der Waals surface area contributed by atoms with Crippen molar-refractivity contribution in [2.45, 2.75) is 6.04 Å². The van der Waals surface area contributed by atoms with Crippen LogP contribution in [0.25, 0.3) is 0 Å². The van der Waals surface area contributed by atoms with Gasteiger partial charge in [-0.3, -0.25) is 4.79 Å². The highest BCUT2D eigenvalue weighted by atomic mass is 16.5. The molecule has 0 spiro atoms. The summed E-state index contributed by atoms with van der Waals surface area (Å²) in [5.74, 6) is -0.770. The number of carbonyl (C=O) groups is 2. The first kappa shape index (κ1) is 13.1. The fraction of sp³-hybridized carbons (Fsp3) is 0.133. The average molecular weight is 284 g/mol. The van der Waals surface area contributed by atoms with Gasteiger partial charge in [-0.2, -0.15) is 0 Å². The maximum atomic E-state index is 12.2. The molecule has 1 atom stereocenters. The van der Waals surface area contributed by atoms with Crippen molar-refractivity contribution in [3.8, 4) is 5.75 Å². The fourth-order valence-electron chi connectivity index (χ4n) is 2.21. The van der Waals surface area contributed by atoms with Gasteiger partial charge in [0.2, 0.25) is 0 Å². The molecule has 0 fully saturated rings. The van der Waals surface area contributed by atoms with Crippen LogP contribution in [0.4, 0.5) is 0 Å². The van der Waals surface area contributed by atoms with Gasteiger partial charge in [0, 0.05) is 17.3 Å². The Kier molecular flexibility index (Phi) is 3.27. The van der Waals surface area contributed by atoms with E-state index >= 15 is 0 Å². The monoisotopic (exact) mass is 284 g/mol. The number of amides is 1. The van der Waals surface area contributed by atoms with Crippen molar-refractivity contribution in [1.29, 1.82) is 0 Å². The van der Waals surface area contributed by atoms with Crippen molar-refractivity contribution in [3.63, 3.8) is 0 Å². The third kappa shape index (κ3) is 2.55. The zero-order chi connectivity index (χ0) is 14.8. The zero-order valence-corrected chi connectivity index (χ0v) is 10.9. The van der Waals surface area contributed by atoms with Crippen LogP contribution in [0, 0.1) is 0 Å². The molecule has 106 valence electrons. The van der Waals surface area contributed by atoms with Crippen molar-refractivity contribution in [2.75, 3.05) is 6.61 Å². The van der Waals surface area contributed by atoms with Gasteiger partial charge in [-0.05, 0) is 18.2 Å². The van der Waals surface area contributed by atoms with Crippen LogP contribution < -0.4 is 10.1 Å². The number of fused-ring (bicyclic) bond motifs is 1. The molecule has 2 heterocycles. The molecule has 1 aromatic carbocycles. The molecular formula is C15H12N2O4. The Morgan fingerprint density at radius 1 is 1.29 bits per heavy atom. The molecule has 0 saturated heterocycles. The molecule has 1 aliphatic rings. The predicted octanol–water partition coefficient (Wildman–Crippen LogP) is 1.64. The van der Waals surface area contributed by atoms with E-state index in [4.69, 9.17) is 9.84 Å². The number of hydrogen-bond acceptors (Lipinski definition) is 4. The molecule has 0 aliphatic carbocycles. The molecule has 0 bridgehead atoms. The topological polar surface area (TPSA) is 88.5 Å². The Morgan fingerprint density at radius 2 is 2.10 bits per heavy atom. The summed E-state index contributed by atoms with van der Waals surface area (Å²) in [6.45, 7) is 0.363. The number of hydrogen-bond donors (Lipinski definition) is 2. The number of para-hydroxylation sites is 1. The number of aromatic carboxylic acids is 1. The van der Waals surface area contributed by atoms with Crippen LogP contribution in [0.1, 0.15) is 32.5 Å². The third-order valence-electron chi connectivity index (χ3n) is 3.25. The first-order valence-corrected chi connectivity index (χ1v) is 6.37. The Balaban J connectivity index is 1.79. The number of nitrogens with zero attached hydrogens (tertiary/aromatic N) is 1. The van der Waals surface area contributed by atoms with Gasteiger partial charge in [0.15, 0.2) is 0 Å². The summed E-state index contributed by atoms with van der Waals surface area (Å²) in [7, 11) is 0. The molecule has 1 unspecified atom stereocenters. The minimum absolute atomic E-state index is 0.161. The number of benzene rings is 1. The number of pyridine rings is 1. The van der Waals surface area contributed by atoms with Crippen LogP contribution in [0.2, 0.25) is 0 Å². The summed E-state index contributed by atoms with van der Waals surface area (Å²) in [4.78, 5) is 26.8. The molecule has 1 aliphatic heterocycles. The highest BCUT2D eigenvalue weighted by molar-refractivity contribution is 5.96. The molecule has 0 saturated carbocycles. The van der Waals surface area contributed by atoms with Crippen molar-refractivity contribution >= 4 is 11.9 Å².